The quantitative estimate of drug-likeness (QED) is 0.840. The van der Waals surface area contributed by atoms with Crippen molar-refractivity contribution in [1.29, 1.82) is 0 Å². The molecule has 1 amide bonds. The van der Waals surface area contributed by atoms with E-state index in [1.807, 2.05) is 0 Å². The first-order valence-electron chi connectivity index (χ1n) is 5.76. The molecule has 9 heteroatoms. The topological polar surface area (TPSA) is 106 Å². The van der Waals surface area contributed by atoms with Crippen molar-refractivity contribution >= 4 is 33.5 Å². The molecule has 110 valence electrons. The van der Waals surface area contributed by atoms with E-state index < -0.39 is 11.9 Å². The van der Waals surface area contributed by atoms with E-state index in [1.165, 1.54) is 6.20 Å². The number of carbonyl (C=O) groups excluding carboxylic acids is 1. The number of amides is 1. The number of hydrogen-bond donors (Lipinski definition) is 2. The zero-order valence-corrected chi connectivity index (χ0v) is 12.5. The zero-order valence-electron chi connectivity index (χ0n) is 10.9. The first kappa shape index (κ1) is 15.0. The van der Waals surface area contributed by atoms with Crippen molar-refractivity contribution < 1.29 is 19.4 Å². The minimum absolute atomic E-state index is 0.0307. The Labute approximate surface area is 127 Å². The van der Waals surface area contributed by atoms with Crippen LogP contribution in [-0.4, -0.2) is 39.1 Å². The Balaban J connectivity index is 2.09. The molecule has 0 atom stereocenters. The van der Waals surface area contributed by atoms with Gasteiger partial charge in [-0.3, -0.25) is 9.59 Å². The summed E-state index contributed by atoms with van der Waals surface area (Å²) in [5.41, 5.74) is 0.573. The number of carbonyl (C=O) groups is 2. The van der Waals surface area contributed by atoms with Crippen LogP contribution in [0.15, 0.2) is 28.9 Å². The lowest BCUT2D eigenvalue weighted by Gasteiger charge is -2.06. The van der Waals surface area contributed by atoms with Crippen LogP contribution in [0.5, 0.6) is 5.75 Å². The Morgan fingerprint density at radius 3 is 2.86 bits per heavy atom. The van der Waals surface area contributed by atoms with Gasteiger partial charge in [0.2, 0.25) is 0 Å². The molecule has 21 heavy (non-hydrogen) atoms. The minimum atomic E-state index is -1.06. The monoisotopic (exact) mass is 354 g/mol. The third-order valence-corrected chi connectivity index (χ3v) is 3.10. The molecule has 0 radical (unpaired) electrons. The number of halogens is 1. The molecule has 1 aromatic carbocycles. The standard InChI is InChI=1S/C12H11BrN4O4/c1-21-10-3-2-7(4-8(10)13)14-12(20)9-5-17(16-15-9)6-11(18)19/h2-5H,6H2,1H3,(H,14,20)(H,18,19). The van der Waals surface area contributed by atoms with E-state index in [0.717, 1.165) is 4.68 Å². The Morgan fingerprint density at radius 1 is 1.48 bits per heavy atom. The first-order valence-corrected chi connectivity index (χ1v) is 6.55. The number of benzene rings is 1. The van der Waals surface area contributed by atoms with Crippen LogP contribution in [0.3, 0.4) is 0 Å². The smallest absolute Gasteiger partial charge is 0.325 e. The van der Waals surface area contributed by atoms with E-state index in [2.05, 4.69) is 31.6 Å². The summed E-state index contributed by atoms with van der Waals surface area (Å²) in [6.07, 6.45) is 1.27. The molecule has 0 aliphatic heterocycles. The van der Waals surface area contributed by atoms with Gasteiger partial charge in [0.15, 0.2) is 5.69 Å². The fourth-order valence-electron chi connectivity index (χ4n) is 1.56. The second-order valence-corrected chi connectivity index (χ2v) is 4.85. The molecule has 0 unspecified atom stereocenters. The number of nitrogens with one attached hydrogen (secondary N) is 1. The van der Waals surface area contributed by atoms with E-state index in [4.69, 9.17) is 9.84 Å². The van der Waals surface area contributed by atoms with Crippen molar-refractivity contribution in [2.75, 3.05) is 12.4 Å². The number of rotatable bonds is 5. The van der Waals surface area contributed by atoms with Gasteiger partial charge in [-0.1, -0.05) is 5.21 Å². The highest BCUT2D eigenvalue weighted by Gasteiger charge is 2.13. The maximum Gasteiger partial charge on any atom is 0.325 e. The highest BCUT2D eigenvalue weighted by Crippen LogP contribution is 2.27. The van der Waals surface area contributed by atoms with Gasteiger partial charge in [-0.05, 0) is 34.1 Å². The van der Waals surface area contributed by atoms with Crippen LogP contribution in [0, 0.1) is 0 Å². The van der Waals surface area contributed by atoms with Gasteiger partial charge < -0.3 is 15.2 Å². The molecule has 0 spiro atoms. The molecule has 2 aromatic rings. The number of hydrogen-bond acceptors (Lipinski definition) is 5. The lowest BCUT2D eigenvalue weighted by molar-refractivity contribution is -0.137. The number of ether oxygens (including phenoxy) is 1. The number of carboxylic acids is 1. The van der Waals surface area contributed by atoms with Crippen molar-refractivity contribution in [2.45, 2.75) is 6.54 Å². The summed E-state index contributed by atoms with van der Waals surface area (Å²) in [5, 5.41) is 18.4. The van der Waals surface area contributed by atoms with Gasteiger partial charge in [0.05, 0.1) is 17.8 Å². The summed E-state index contributed by atoms with van der Waals surface area (Å²) in [4.78, 5) is 22.5. The minimum Gasteiger partial charge on any atom is -0.496 e. The Kier molecular flexibility index (Phi) is 4.53. The van der Waals surface area contributed by atoms with Gasteiger partial charge in [-0.15, -0.1) is 5.10 Å². The zero-order chi connectivity index (χ0) is 15.4. The van der Waals surface area contributed by atoms with Crippen LogP contribution < -0.4 is 10.1 Å². The normalized spacial score (nSPS) is 10.2. The van der Waals surface area contributed by atoms with Crippen LogP contribution in [0.25, 0.3) is 0 Å². The van der Waals surface area contributed by atoms with Gasteiger partial charge in [-0.2, -0.15) is 0 Å². The highest BCUT2D eigenvalue weighted by molar-refractivity contribution is 9.10. The predicted molar refractivity (Wildman–Crippen MR) is 76.3 cm³/mol. The summed E-state index contributed by atoms with van der Waals surface area (Å²) in [6.45, 7) is -0.353. The lowest BCUT2D eigenvalue weighted by Crippen LogP contribution is -2.12. The number of carboxylic acid groups (broad SMARTS) is 1. The van der Waals surface area contributed by atoms with E-state index in [0.29, 0.717) is 15.9 Å². The van der Waals surface area contributed by atoms with Crippen molar-refractivity contribution in [1.82, 2.24) is 15.0 Å². The molecule has 0 fully saturated rings. The van der Waals surface area contributed by atoms with Gasteiger partial charge in [0.1, 0.15) is 12.3 Å². The first-order chi connectivity index (χ1) is 9.99. The van der Waals surface area contributed by atoms with E-state index in [1.54, 1.807) is 25.3 Å². The molecule has 0 aliphatic carbocycles. The summed E-state index contributed by atoms with van der Waals surface area (Å²) >= 11 is 3.31. The second-order valence-electron chi connectivity index (χ2n) is 4.00. The highest BCUT2D eigenvalue weighted by atomic mass is 79.9. The van der Waals surface area contributed by atoms with Gasteiger partial charge in [0, 0.05) is 5.69 Å². The third kappa shape index (κ3) is 3.78. The third-order valence-electron chi connectivity index (χ3n) is 2.48. The number of aliphatic carboxylic acids is 1. The lowest BCUT2D eigenvalue weighted by atomic mass is 10.3. The van der Waals surface area contributed by atoms with Crippen LogP contribution in [0.4, 0.5) is 5.69 Å². The van der Waals surface area contributed by atoms with Crippen molar-refractivity contribution in [2.24, 2.45) is 0 Å². The SMILES string of the molecule is COc1ccc(NC(=O)c2cn(CC(=O)O)nn2)cc1Br. The number of nitrogens with zero attached hydrogens (tertiary/aromatic N) is 3. The fraction of sp³-hybridized carbons (Fsp3) is 0.167. The molecule has 0 saturated heterocycles. The van der Waals surface area contributed by atoms with Crippen LogP contribution >= 0.6 is 15.9 Å². The average molecular weight is 355 g/mol. The van der Waals surface area contributed by atoms with Crippen LogP contribution in [0.1, 0.15) is 10.5 Å². The summed E-state index contributed by atoms with van der Waals surface area (Å²) in [6, 6.07) is 5.04. The van der Waals surface area contributed by atoms with E-state index in [-0.39, 0.29) is 12.2 Å². The number of methoxy groups -OCH3 is 1. The maximum absolute atomic E-state index is 12.0. The molecular formula is C12H11BrN4O4. The van der Waals surface area contributed by atoms with Crippen molar-refractivity contribution in [3.63, 3.8) is 0 Å². The fourth-order valence-corrected chi connectivity index (χ4v) is 2.10. The second kappa shape index (κ2) is 6.35. The largest absolute Gasteiger partial charge is 0.496 e. The molecule has 1 heterocycles. The van der Waals surface area contributed by atoms with Crippen LogP contribution in [0.2, 0.25) is 0 Å². The summed E-state index contributed by atoms with van der Waals surface area (Å²) in [5.74, 6) is -0.907. The molecule has 2 rings (SSSR count). The van der Waals surface area contributed by atoms with Gasteiger partial charge in [-0.25, -0.2) is 4.68 Å². The number of aromatic nitrogens is 3. The molecule has 0 aliphatic rings. The molecule has 8 nitrogen and oxygen atoms in total. The van der Waals surface area contributed by atoms with E-state index >= 15 is 0 Å². The Bertz CT molecular complexity index is 686. The van der Waals surface area contributed by atoms with Gasteiger partial charge in [0.25, 0.3) is 5.91 Å². The molecule has 0 saturated carbocycles. The van der Waals surface area contributed by atoms with Crippen molar-refractivity contribution in [3.05, 3.63) is 34.6 Å². The summed E-state index contributed by atoms with van der Waals surface area (Å²) < 4.78 is 6.85. The average Bonchev–Trinajstić information content (AvgIpc) is 2.86. The van der Waals surface area contributed by atoms with Gasteiger partial charge >= 0.3 is 5.97 Å². The Hall–Kier alpha value is -2.42. The van der Waals surface area contributed by atoms with Crippen LogP contribution in [-0.2, 0) is 11.3 Å². The predicted octanol–water partition coefficient (Wildman–Crippen LogP) is 1.39. The number of anilines is 1. The molecule has 0 bridgehead atoms. The Morgan fingerprint density at radius 2 is 2.24 bits per heavy atom. The molecule has 2 N–H and O–H groups in total. The maximum atomic E-state index is 12.0. The molecular weight excluding hydrogens is 344 g/mol. The van der Waals surface area contributed by atoms with Crippen molar-refractivity contribution in [3.8, 4) is 5.75 Å². The van der Waals surface area contributed by atoms with E-state index in [9.17, 15) is 9.59 Å². The molecule has 1 aromatic heterocycles. The summed E-state index contributed by atoms with van der Waals surface area (Å²) in [7, 11) is 1.54.